The Hall–Kier alpha value is -1.50. The molecule has 0 radical (unpaired) electrons. The molecule has 1 heterocycles. The Bertz CT molecular complexity index is 411. The molecule has 1 aromatic heterocycles. The number of hydrogen-bond donors (Lipinski definition) is 2. The molecule has 0 fully saturated rings. The van der Waals surface area contributed by atoms with Gasteiger partial charge in [0, 0.05) is 18.4 Å². The molecule has 1 atom stereocenters. The standard InChI is InChI=1S/C12H18F3N3O/c1-3-10(16-2)9-4-5-18(6-9)7-11(19)17-8-12(13,14)15/h4-6,10,16H,3,7-8H2,1-2H3,(H,17,19). The van der Waals surface area contributed by atoms with Crippen LogP contribution in [0.1, 0.15) is 24.9 Å². The number of halogens is 3. The van der Waals surface area contributed by atoms with Gasteiger partial charge in [-0.25, -0.2) is 0 Å². The van der Waals surface area contributed by atoms with Crippen molar-refractivity contribution in [3.8, 4) is 0 Å². The summed E-state index contributed by atoms with van der Waals surface area (Å²) in [5, 5.41) is 4.95. The van der Waals surface area contributed by atoms with E-state index in [9.17, 15) is 18.0 Å². The highest BCUT2D eigenvalue weighted by Gasteiger charge is 2.27. The highest BCUT2D eigenvalue weighted by molar-refractivity contribution is 5.75. The lowest BCUT2D eigenvalue weighted by Gasteiger charge is -2.11. The minimum absolute atomic E-state index is 0.115. The molecule has 0 saturated carbocycles. The van der Waals surface area contributed by atoms with Crippen LogP contribution in [0.4, 0.5) is 13.2 Å². The number of hydrogen-bond acceptors (Lipinski definition) is 2. The Morgan fingerprint density at radius 2 is 2.16 bits per heavy atom. The third-order valence-electron chi connectivity index (χ3n) is 2.74. The summed E-state index contributed by atoms with van der Waals surface area (Å²) < 4.78 is 37.4. The number of amides is 1. The monoisotopic (exact) mass is 277 g/mol. The first kappa shape index (κ1) is 15.6. The van der Waals surface area contributed by atoms with E-state index in [4.69, 9.17) is 0 Å². The molecule has 0 aliphatic carbocycles. The van der Waals surface area contributed by atoms with E-state index in [0.717, 1.165) is 12.0 Å². The van der Waals surface area contributed by atoms with Gasteiger partial charge in [0.15, 0.2) is 0 Å². The average molecular weight is 277 g/mol. The van der Waals surface area contributed by atoms with Gasteiger partial charge in [0.1, 0.15) is 13.1 Å². The maximum absolute atomic E-state index is 11.9. The van der Waals surface area contributed by atoms with E-state index in [0.29, 0.717) is 0 Å². The molecule has 2 N–H and O–H groups in total. The van der Waals surface area contributed by atoms with Crippen LogP contribution in [0.2, 0.25) is 0 Å². The van der Waals surface area contributed by atoms with Gasteiger partial charge in [-0.3, -0.25) is 4.79 Å². The molecule has 108 valence electrons. The van der Waals surface area contributed by atoms with Gasteiger partial charge >= 0.3 is 6.18 Å². The van der Waals surface area contributed by atoms with Crippen LogP contribution in [0, 0.1) is 0 Å². The maximum atomic E-state index is 11.9. The van der Waals surface area contributed by atoms with Gasteiger partial charge < -0.3 is 15.2 Å². The molecule has 1 rings (SSSR count). The van der Waals surface area contributed by atoms with E-state index in [1.165, 1.54) is 0 Å². The van der Waals surface area contributed by atoms with Crippen LogP contribution < -0.4 is 10.6 Å². The van der Waals surface area contributed by atoms with Gasteiger partial charge in [-0.2, -0.15) is 13.2 Å². The minimum atomic E-state index is -4.38. The van der Waals surface area contributed by atoms with Gasteiger partial charge in [-0.15, -0.1) is 0 Å². The smallest absolute Gasteiger partial charge is 0.345 e. The molecule has 4 nitrogen and oxygen atoms in total. The fourth-order valence-corrected chi connectivity index (χ4v) is 1.79. The van der Waals surface area contributed by atoms with E-state index < -0.39 is 18.6 Å². The molecular formula is C12H18F3N3O. The lowest BCUT2D eigenvalue weighted by molar-refractivity contribution is -0.138. The van der Waals surface area contributed by atoms with Crippen LogP contribution in [0.5, 0.6) is 0 Å². The van der Waals surface area contributed by atoms with Crippen molar-refractivity contribution >= 4 is 5.91 Å². The molecule has 0 bridgehead atoms. The third-order valence-corrected chi connectivity index (χ3v) is 2.74. The van der Waals surface area contributed by atoms with Crippen LogP contribution >= 0.6 is 0 Å². The van der Waals surface area contributed by atoms with Gasteiger partial charge in [0.05, 0.1) is 0 Å². The molecule has 19 heavy (non-hydrogen) atoms. The highest BCUT2D eigenvalue weighted by Crippen LogP contribution is 2.16. The van der Waals surface area contributed by atoms with E-state index in [-0.39, 0.29) is 12.6 Å². The van der Waals surface area contributed by atoms with Gasteiger partial charge in [-0.1, -0.05) is 6.92 Å². The van der Waals surface area contributed by atoms with Crippen LogP contribution in [0.15, 0.2) is 18.5 Å². The first-order chi connectivity index (χ1) is 8.85. The molecule has 1 aromatic rings. The normalized spacial score (nSPS) is 13.3. The van der Waals surface area contributed by atoms with Crippen LogP contribution in [0.3, 0.4) is 0 Å². The second kappa shape index (κ2) is 6.60. The predicted octanol–water partition coefficient (Wildman–Crippen LogP) is 1.84. The number of alkyl halides is 3. The molecule has 0 aromatic carbocycles. The predicted molar refractivity (Wildman–Crippen MR) is 65.6 cm³/mol. The summed E-state index contributed by atoms with van der Waals surface area (Å²) in [6, 6.07) is 2.03. The number of nitrogens with zero attached hydrogens (tertiary/aromatic N) is 1. The fourth-order valence-electron chi connectivity index (χ4n) is 1.79. The second-order valence-corrected chi connectivity index (χ2v) is 4.26. The van der Waals surface area contributed by atoms with Crippen molar-refractivity contribution in [1.82, 2.24) is 15.2 Å². The summed E-state index contributed by atoms with van der Waals surface area (Å²) in [5.41, 5.74) is 1.01. The largest absolute Gasteiger partial charge is 0.405 e. The Morgan fingerprint density at radius 1 is 1.47 bits per heavy atom. The summed E-state index contributed by atoms with van der Waals surface area (Å²) in [5.74, 6) is -0.656. The Labute approximate surface area is 110 Å². The number of nitrogens with one attached hydrogen (secondary N) is 2. The van der Waals surface area contributed by atoms with Gasteiger partial charge in [0.2, 0.25) is 5.91 Å². The van der Waals surface area contributed by atoms with Gasteiger partial charge in [-0.05, 0) is 25.1 Å². The highest BCUT2D eigenvalue weighted by atomic mass is 19.4. The number of carbonyl (C=O) groups excluding carboxylic acids is 1. The Kier molecular flexibility index (Phi) is 5.41. The van der Waals surface area contributed by atoms with E-state index in [2.05, 4.69) is 5.32 Å². The van der Waals surface area contributed by atoms with E-state index in [1.54, 1.807) is 17.0 Å². The maximum Gasteiger partial charge on any atom is 0.405 e. The molecular weight excluding hydrogens is 259 g/mol. The fraction of sp³-hybridized carbons (Fsp3) is 0.583. The zero-order chi connectivity index (χ0) is 14.5. The molecule has 7 heteroatoms. The summed E-state index contributed by atoms with van der Waals surface area (Å²) in [4.78, 5) is 11.3. The van der Waals surface area contributed by atoms with Crippen molar-refractivity contribution in [2.75, 3.05) is 13.6 Å². The SMILES string of the molecule is CCC(NC)c1ccn(CC(=O)NCC(F)(F)F)c1. The summed E-state index contributed by atoms with van der Waals surface area (Å²) in [6.45, 7) is 0.610. The summed E-state index contributed by atoms with van der Waals surface area (Å²) >= 11 is 0. The van der Waals surface area contributed by atoms with Crippen molar-refractivity contribution in [2.24, 2.45) is 0 Å². The van der Waals surface area contributed by atoms with Crippen LogP contribution in [0.25, 0.3) is 0 Å². The quantitative estimate of drug-likeness (QED) is 0.833. The topological polar surface area (TPSA) is 46.1 Å². The van der Waals surface area contributed by atoms with E-state index >= 15 is 0 Å². The number of aromatic nitrogens is 1. The van der Waals surface area contributed by atoms with Crippen molar-refractivity contribution in [3.05, 3.63) is 24.0 Å². The zero-order valence-electron chi connectivity index (χ0n) is 10.9. The van der Waals surface area contributed by atoms with Crippen molar-refractivity contribution in [2.45, 2.75) is 32.1 Å². The van der Waals surface area contributed by atoms with Crippen LogP contribution in [-0.4, -0.2) is 30.2 Å². The molecule has 0 aliphatic heterocycles. The van der Waals surface area contributed by atoms with Gasteiger partial charge in [0.25, 0.3) is 0 Å². The zero-order valence-corrected chi connectivity index (χ0v) is 10.9. The summed E-state index contributed by atoms with van der Waals surface area (Å²) in [7, 11) is 1.83. The Balaban J connectivity index is 2.51. The number of rotatable bonds is 6. The van der Waals surface area contributed by atoms with Crippen LogP contribution in [-0.2, 0) is 11.3 Å². The summed E-state index contributed by atoms with van der Waals surface area (Å²) in [6.07, 6.45) is -0.0436. The van der Waals surface area contributed by atoms with Crippen molar-refractivity contribution < 1.29 is 18.0 Å². The molecule has 0 aliphatic rings. The van der Waals surface area contributed by atoms with Crippen molar-refractivity contribution in [1.29, 1.82) is 0 Å². The third kappa shape index (κ3) is 5.34. The first-order valence-electron chi connectivity index (χ1n) is 6.02. The molecule has 0 saturated heterocycles. The lowest BCUT2D eigenvalue weighted by atomic mass is 10.1. The Morgan fingerprint density at radius 3 is 2.68 bits per heavy atom. The lowest BCUT2D eigenvalue weighted by Crippen LogP contribution is -2.35. The molecule has 1 amide bonds. The first-order valence-corrected chi connectivity index (χ1v) is 6.02. The molecule has 1 unspecified atom stereocenters. The average Bonchev–Trinajstić information content (AvgIpc) is 2.76. The number of carbonyl (C=O) groups is 1. The minimum Gasteiger partial charge on any atom is -0.345 e. The molecule has 0 spiro atoms. The van der Waals surface area contributed by atoms with Crippen molar-refractivity contribution in [3.63, 3.8) is 0 Å². The van der Waals surface area contributed by atoms with E-state index in [1.807, 2.05) is 25.4 Å². The second-order valence-electron chi connectivity index (χ2n) is 4.26.